The van der Waals surface area contributed by atoms with Gasteiger partial charge >= 0.3 is 5.97 Å². The maximum Gasteiger partial charge on any atom is 0.336 e. The van der Waals surface area contributed by atoms with E-state index in [-0.39, 0.29) is 11.3 Å². The Balaban J connectivity index is 4.71. The predicted octanol–water partition coefficient (Wildman–Crippen LogP) is 2.08. The number of hydrogen-bond donors (Lipinski definition) is 1. The molecule has 0 aromatic heterocycles. The zero-order valence-electron chi connectivity index (χ0n) is 8.54. The first kappa shape index (κ1) is 12.5. The molecule has 4 nitrogen and oxygen atoms in total. The van der Waals surface area contributed by atoms with Gasteiger partial charge in [0.1, 0.15) is 6.07 Å². The van der Waals surface area contributed by atoms with E-state index in [4.69, 9.17) is 15.1 Å². The lowest BCUT2D eigenvalue weighted by Gasteiger charge is -2.06. The fourth-order valence-electron chi connectivity index (χ4n) is 0.959. The normalized spacial score (nSPS) is 11.5. The van der Waals surface area contributed by atoms with Crippen molar-refractivity contribution in [3.8, 4) is 6.07 Å². The van der Waals surface area contributed by atoms with Crippen molar-refractivity contribution in [2.75, 3.05) is 6.61 Å². The van der Waals surface area contributed by atoms with Crippen LogP contribution >= 0.6 is 0 Å². The number of hydrogen-bond acceptors (Lipinski definition) is 3. The van der Waals surface area contributed by atoms with Crippen LogP contribution in [0.2, 0.25) is 0 Å². The number of allylic oxidation sites excluding steroid dienone is 1. The van der Waals surface area contributed by atoms with Crippen molar-refractivity contribution in [2.45, 2.75) is 33.1 Å². The Bertz CT molecular complexity index is 263. The van der Waals surface area contributed by atoms with Gasteiger partial charge in [-0.2, -0.15) is 5.26 Å². The number of ether oxygens (including phenoxy) is 1. The molecule has 0 atom stereocenters. The highest BCUT2D eigenvalue weighted by molar-refractivity contribution is 5.87. The molecular weight excluding hydrogens is 182 g/mol. The number of carbonyl (C=O) groups is 1. The Morgan fingerprint density at radius 2 is 2.07 bits per heavy atom. The Kier molecular flexibility index (Phi) is 6.21. The third kappa shape index (κ3) is 3.94. The lowest BCUT2D eigenvalue weighted by atomic mass is 10.1. The first-order chi connectivity index (χ1) is 6.67. The molecule has 0 amide bonds. The van der Waals surface area contributed by atoms with Gasteiger partial charge < -0.3 is 9.84 Å². The first-order valence-corrected chi connectivity index (χ1v) is 4.66. The van der Waals surface area contributed by atoms with Gasteiger partial charge in [0.25, 0.3) is 0 Å². The van der Waals surface area contributed by atoms with E-state index in [0.29, 0.717) is 19.4 Å². The number of carboxylic acid groups (broad SMARTS) is 1. The van der Waals surface area contributed by atoms with Crippen LogP contribution in [0.5, 0.6) is 0 Å². The molecule has 0 fully saturated rings. The van der Waals surface area contributed by atoms with E-state index in [0.717, 1.165) is 6.42 Å². The van der Waals surface area contributed by atoms with Crippen LogP contribution in [0.3, 0.4) is 0 Å². The number of nitrogens with zero attached hydrogens (tertiary/aromatic N) is 1. The number of carboxylic acids is 1. The van der Waals surface area contributed by atoms with Crippen LogP contribution in [0, 0.1) is 11.3 Å². The number of aliphatic carboxylic acids is 1. The lowest BCUT2D eigenvalue weighted by Crippen LogP contribution is -2.06. The number of rotatable bonds is 6. The second kappa shape index (κ2) is 6.96. The molecule has 0 unspecified atom stereocenters. The SMILES string of the molecule is CCCOC(C#N)=C(CCC)C(=O)O. The highest BCUT2D eigenvalue weighted by atomic mass is 16.5. The summed E-state index contributed by atoms with van der Waals surface area (Å²) >= 11 is 0. The number of nitriles is 1. The van der Waals surface area contributed by atoms with Crippen molar-refractivity contribution in [1.29, 1.82) is 5.26 Å². The largest absolute Gasteiger partial charge is 0.483 e. The van der Waals surface area contributed by atoms with Gasteiger partial charge in [0.05, 0.1) is 12.2 Å². The quantitative estimate of drug-likeness (QED) is 0.402. The molecule has 0 saturated carbocycles. The van der Waals surface area contributed by atoms with Crippen LogP contribution < -0.4 is 0 Å². The van der Waals surface area contributed by atoms with E-state index >= 15 is 0 Å². The summed E-state index contributed by atoms with van der Waals surface area (Å²) in [5, 5.41) is 17.5. The van der Waals surface area contributed by atoms with Crippen LogP contribution in [0.15, 0.2) is 11.3 Å². The van der Waals surface area contributed by atoms with Gasteiger partial charge in [-0.05, 0) is 12.8 Å². The maximum absolute atomic E-state index is 10.8. The van der Waals surface area contributed by atoms with Crippen LogP contribution in [0.25, 0.3) is 0 Å². The third-order valence-corrected chi connectivity index (χ3v) is 1.58. The lowest BCUT2D eigenvalue weighted by molar-refractivity contribution is -0.133. The molecule has 4 heteroatoms. The van der Waals surface area contributed by atoms with Crippen molar-refractivity contribution >= 4 is 5.97 Å². The van der Waals surface area contributed by atoms with Gasteiger partial charge in [-0.1, -0.05) is 20.3 Å². The molecule has 0 saturated heterocycles. The average molecular weight is 197 g/mol. The summed E-state index contributed by atoms with van der Waals surface area (Å²) in [7, 11) is 0. The predicted molar refractivity (Wildman–Crippen MR) is 51.4 cm³/mol. The zero-order chi connectivity index (χ0) is 11.0. The summed E-state index contributed by atoms with van der Waals surface area (Å²) in [4.78, 5) is 10.8. The molecular formula is C10H15NO3. The van der Waals surface area contributed by atoms with Crippen molar-refractivity contribution in [3.63, 3.8) is 0 Å². The molecule has 0 aromatic carbocycles. The minimum absolute atomic E-state index is 0.0544. The molecule has 0 bridgehead atoms. The minimum atomic E-state index is -1.07. The summed E-state index contributed by atoms with van der Waals surface area (Å²) < 4.78 is 5.05. The maximum atomic E-state index is 10.8. The smallest absolute Gasteiger partial charge is 0.336 e. The van der Waals surface area contributed by atoms with Crippen molar-refractivity contribution in [3.05, 3.63) is 11.3 Å². The van der Waals surface area contributed by atoms with E-state index in [1.54, 1.807) is 6.07 Å². The van der Waals surface area contributed by atoms with E-state index in [2.05, 4.69) is 0 Å². The molecule has 0 heterocycles. The molecule has 14 heavy (non-hydrogen) atoms. The Morgan fingerprint density at radius 1 is 1.43 bits per heavy atom. The zero-order valence-corrected chi connectivity index (χ0v) is 8.54. The second-order valence-corrected chi connectivity index (χ2v) is 2.82. The Morgan fingerprint density at radius 3 is 2.43 bits per heavy atom. The van der Waals surface area contributed by atoms with Crippen molar-refractivity contribution < 1.29 is 14.6 Å². The van der Waals surface area contributed by atoms with E-state index in [1.807, 2.05) is 13.8 Å². The van der Waals surface area contributed by atoms with Crippen molar-refractivity contribution in [2.24, 2.45) is 0 Å². The summed E-state index contributed by atoms with van der Waals surface area (Å²) in [5.74, 6) is -1.12. The van der Waals surface area contributed by atoms with Gasteiger partial charge in [0.15, 0.2) is 0 Å². The monoisotopic (exact) mass is 197 g/mol. The standard InChI is InChI=1S/C10H15NO3/c1-3-5-8(10(12)13)9(7-11)14-6-4-2/h3-6H2,1-2H3,(H,12,13). The average Bonchev–Trinajstić information content (AvgIpc) is 2.17. The summed E-state index contributed by atoms with van der Waals surface area (Å²) in [6.45, 7) is 4.14. The summed E-state index contributed by atoms with van der Waals surface area (Å²) in [5.41, 5.74) is 0.0726. The molecule has 78 valence electrons. The van der Waals surface area contributed by atoms with E-state index in [1.165, 1.54) is 0 Å². The van der Waals surface area contributed by atoms with Gasteiger partial charge in [-0.15, -0.1) is 0 Å². The van der Waals surface area contributed by atoms with Crippen LogP contribution in [0.1, 0.15) is 33.1 Å². The van der Waals surface area contributed by atoms with Gasteiger partial charge in [-0.3, -0.25) is 0 Å². The highest BCUT2D eigenvalue weighted by Crippen LogP contribution is 2.12. The molecule has 0 aromatic rings. The Hall–Kier alpha value is -1.50. The molecule has 0 aliphatic rings. The molecule has 1 N–H and O–H groups in total. The Labute approximate surface area is 83.8 Å². The van der Waals surface area contributed by atoms with Gasteiger partial charge in [0.2, 0.25) is 5.76 Å². The van der Waals surface area contributed by atoms with E-state index in [9.17, 15) is 4.79 Å². The summed E-state index contributed by atoms with van der Waals surface area (Å²) in [6.07, 6.45) is 1.80. The third-order valence-electron chi connectivity index (χ3n) is 1.58. The fourth-order valence-corrected chi connectivity index (χ4v) is 0.959. The highest BCUT2D eigenvalue weighted by Gasteiger charge is 2.14. The van der Waals surface area contributed by atoms with Crippen LogP contribution in [-0.2, 0) is 9.53 Å². The first-order valence-electron chi connectivity index (χ1n) is 4.66. The van der Waals surface area contributed by atoms with Crippen LogP contribution in [-0.4, -0.2) is 17.7 Å². The molecule has 0 radical (unpaired) electrons. The van der Waals surface area contributed by atoms with Gasteiger partial charge in [-0.25, -0.2) is 4.79 Å². The topological polar surface area (TPSA) is 70.3 Å². The van der Waals surface area contributed by atoms with Crippen LogP contribution in [0.4, 0.5) is 0 Å². The molecule has 0 aliphatic carbocycles. The minimum Gasteiger partial charge on any atom is -0.483 e. The fraction of sp³-hybridized carbons (Fsp3) is 0.600. The molecule has 0 aliphatic heterocycles. The van der Waals surface area contributed by atoms with Gasteiger partial charge in [0, 0.05) is 0 Å². The molecule has 0 rings (SSSR count). The molecule has 0 spiro atoms. The summed E-state index contributed by atoms with van der Waals surface area (Å²) in [6, 6.07) is 1.78. The van der Waals surface area contributed by atoms with E-state index < -0.39 is 5.97 Å². The van der Waals surface area contributed by atoms with Crippen molar-refractivity contribution in [1.82, 2.24) is 0 Å². The second-order valence-electron chi connectivity index (χ2n) is 2.82.